The van der Waals surface area contributed by atoms with Crippen LogP contribution in [0.1, 0.15) is 26.2 Å². The molecule has 2 heterocycles. The number of ether oxygens (including phenoxy) is 1. The van der Waals surface area contributed by atoms with Gasteiger partial charge in [0.2, 0.25) is 11.6 Å². The Labute approximate surface area is 142 Å². The first-order valence-corrected chi connectivity index (χ1v) is 8.33. The smallest absolute Gasteiger partial charge is 0.353 e. The van der Waals surface area contributed by atoms with Crippen LogP contribution in [0.25, 0.3) is 0 Å². The lowest BCUT2D eigenvalue weighted by molar-refractivity contribution is -0.383. The number of nitrogens with one attached hydrogen (secondary N) is 2. The molecule has 1 aromatic rings. The number of hydrogen-bond donors (Lipinski definition) is 2. The van der Waals surface area contributed by atoms with Crippen molar-refractivity contribution < 1.29 is 9.66 Å². The van der Waals surface area contributed by atoms with E-state index in [1.54, 1.807) is 7.11 Å². The van der Waals surface area contributed by atoms with Crippen LogP contribution in [0.5, 0.6) is 0 Å². The molecular weight excluding hydrogens is 312 g/mol. The molecule has 9 nitrogen and oxygen atoms in total. The number of rotatable bonds is 9. The van der Waals surface area contributed by atoms with E-state index in [4.69, 9.17) is 4.74 Å². The Hall–Kier alpha value is -2.00. The zero-order valence-electron chi connectivity index (χ0n) is 14.3. The summed E-state index contributed by atoms with van der Waals surface area (Å²) in [5.41, 5.74) is -0.126. The highest BCUT2D eigenvalue weighted by Gasteiger charge is 2.24. The van der Waals surface area contributed by atoms with Gasteiger partial charge in [0.25, 0.3) is 0 Å². The molecule has 1 saturated heterocycles. The summed E-state index contributed by atoms with van der Waals surface area (Å²) in [4.78, 5) is 21.4. The molecule has 1 aliphatic rings. The minimum Gasteiger partial charge on any atom is -0.383 e. The van der Waals surface area contributed by atoms with Crippen LogP contribution >= 0.6 is 0 Å². The van der Waals surface area contributed by atoms with E-state index in [0.29, 0.717) is 13.2 Å². The minimum absolute atomic E-state index is 0.0928. The van der Waals surface area contributed by atoms with Gasteiger partial charge < -0.3 is 20.3 Å². The first-order chi connectivity index (χ1) is 11.6. The van der Waals surface area contributed by atoms with Gasteiger partial charge >= 0.3 is 5.69 Å². The van der Waals surface area contributed by atoms with Crippen LogP contribution in [0.15, 0.2) is 6.33 Å². The average molecular weight is 338 g/mol. The summed E-state index contributed by atoms with van der Waals surface area (Å²) in [6, 6.07) is -0.0928. The molecule has 2 rings (SSSR count). The number of anilines is 2. The second kappa shape index (κ2) is 9.33. The minimum atomic E-state index is -0.453. The van der Waals surface area contributed by atoms with E-state index < -0.39 is 4.92 Å². The van der Waals surface area contributed by atoms with Crippen molar-refractivity contribution in [2.45, 2.75) is 32.2 Å². The summed E-state index contributed by atoms with van der Waals surface area (Å²) in [6.07, 6.45) is 5.06. The zero-order valence-corrected chi connectivity index (χ0v) is 14.3. The third kappa shape index (κ3) is 5.27. The molecule has 0 saturated carbocycles. The molecule has 1 unspecified atom stereocenters. The van der Waals surface area contributed by atoms with Crippen molar-refractivity contribution in [3.63, 3.8) is 0 Å². The second-order valence-corrected chi connectivity index (χ2v) is 6.01. The van der Waals surface area contributed by atoms with E-state index in [2.05, 4.69) is 25.5 Å². The van der Waals surface area contributed by atoms with Crippen molar-refractivity contribution in [2.24, 2.45) is 0 Å². The average Bonchev–Trinajstić information content (AvgIpc) is 2.56. The Kier molecular flexibility index (Phi) is 7.13. The molecule has 0 bridgehead atoms. The summed E-state index contributed by atoms with van der Waals surface area (Å²) < 4.78 is 5.04. The van der Waals surface area contributed by atoms with Gasteiger partial charge in [0, 0.05) is 26.2 Å². The summed E-state index contributed by atoms with van der Waals surface area (Å²) in [5.74, 6) is 0.458. The Bertz CT molecular complexity index is 536. The van der Waals surface area contributed by atoms with E-state index in [1.807, 2.05) is 6.92 Å². The van der Waals surface area contributed by atoms with E-state index in [9.17, 15) is 10.1 Å². The van der Waals surface area contributed by atoms with Gasteiger partial charge in [-0.25, -0.2) is 9.97 Å². The monoisotopic (exact) mass is 338 g/mol. The lowest BCUT2D eigenvalue weighted by atomic mass is 10.1. The quantitative estimate of drug-likeness (QED) is 0.518. The third-order valence-electron chi connectivity index (χ3n) is 3.97. The highest BCUT2D eigenvalue weighted by Crippen LogP contribution is 2.29. The second-order valence-electron chi connectivity index (χ2n) is 6.01. The lowest BCUT2D eigenvalue weighted by Crippen LogP contribution is -2.33. The Morgan fingerprint density at radius 3 is 2.71 bits per heavy atom. The van der Waals surface area contributed by atoms with Gasteiger partial charge in [-0.3, -0.25) is 10.1 Å². The van der Waals surface area contributed by atoms with E-state index in [0.717, 1.165) is 19.6 Å². The fourth-order valence-corrected chi connectivity index (χ4v) is 2.83. The van der Waals surface area contributed by atoms with Gasteiger partial charge in [0.15, 0.2) is 0 Å². The number of nitrogens with zero attached hydrogens (tertiary/aromatic N) is 4. The number of likely N-dealkylation sites (tertiary alicyclic amines) is 1. The summed E-state index contributed by atoms with van der Waals surface area (Å²) in [6.45, 7) is 5.95. The molecule has 2 N–H and O–H groups in total. The van der Waals surface area contributed by atoms with Crippen LogP contribution in [-0.2, 0) is 4.74 Å². The van der Waals surface area contributed by atoms with E-state index in [-0.39, 0.29) is 23.4 Å². The van der Waals surface area contributed by atoms with Gasteiger partial charge in [0.1, 0.15) is 6.33 Å². The van der Waals surface area contributed by atoms with Gasteiger partial charge in [-0.2, -0.15) is 0 Å². The molecule has 1 aliphatic heterocycles. The van der Waals surface area contributed by atoms with Gasteiger partial charge in [-0.1, -0.05) is 6.42 Å². The first kappa shape index (κ1) is 18.3. The summed E-state index contributed by atoms with van der Waals surface area (Å²) >= 11 is 0. The molecule has 0 aromatic carbocycles. The molecule has 134 valence electrons. The molecule has 24 heavy (non-hydrogen) atoms. The van der Waals surface area contributed by atoms with E-state index in [1.165, 1.54) is 25.6 Å². The van der Waals surface area contributed by atoms with Crippen molar-refractivity contribution in [1.82, 2.24) is 14.9 Å². The Morgan fingerprint density at radius 2 is 2.04 bits per heavy atom. The molecule has 1 atom stereocenters. The SMILES string of the molecule is COCC(C)Nc1ncnc(NCCN2CCCCC2)c1[N+](=O)[O-]. The maximum Gasteiger partial charge on any atom is 0.353 e. The highest BCUT2D eigenvalue weighted by molar-refractivity contribution is 5.69. The predicted octanol–water partition coefficient (Wildman–Crippen LogP) is 1.73. The standard InChI is InChI=1S/C15H26N6O3/c1-12(10-24-2)19-15-13(21(22)23)14(17-11-18-15)16-6-9-20-7-4-3-5-8-20/h11-12H,3-10H2,1-2H3,(H2,16,17,18,19). The topological polar surface area (TPSA) is 105 Å². The lowest BCUT2D eigenvalue weighted by Gasteiger charge is -2.26. The summed E-state index contributed by atoms with van der Waals surface area (Å²) in [5, 5.41) is 17.5. The predicted molar refractivity (Wildman–Crippen MR) is 92.4 cm³/mol. The number of methoxy groups -OCH3 is 1. The van der Waals surface area contributed by atoms with Crippen molar-refractivity contribution in [2.75, 3.05) is 50.5 Å². The fourth-order valence-electron chi connectivity index (χ4n) is 2.83. The van der Waals surface area contributed by atoms with Crippen molar-refractivity contribution in [3.8, 4) is 0 Å². The number of aromatic nitrogens is 2. The van der Waals surface area contributed by atoms with Crippen LogP contribution in [0, 0.1) is 10.1 Å². The van der Waals surface area contributed by atoms with Crippen LogP contribution in [-0.4, -0.2) is 65.7 Å². The fraction of sp³-hybridized carbons (Fsp3) is 0.733. The van der Waals surface area contributed by atoms with E-state index >= 15 is 0 Å². The molecule has 0 radical (unpaired) electrons. The number of hydrogen-bond acceptors (Lipinski definition) is 8. The van der Waals surface area contributed by atoms with Gasteiger partial charge in [-0.15, -0.1) is 0 Å². The molecule has 0 spiro atoms. The third-order valence-corrected chi connectivity index (χ3v) is 3.97. The first-order valence-electron chi connectivity index (χ1n) is 8.33. The summed E-state index contributed by atoms with van der Waals surface area (Å²) in [7, 11) is 1.58. The van der Waals surface area contributed by atoms with Crippen LogP contribution in [0.2, 0.25) is 0 Å². The van der Waals surface area contributed by atoms with Crippen LogP contribution in [0.3, 0.4) is 0 Å². The zero-order chi connectivity index (χ0) is 17.4. The molecule has 1 fully saturated rings. The van der Waals surface area contributed by atoms with Crippen molar-refractivity contribution >= 4 is 17.3 Å². The molecular formula is C15H26N6O3. The van der Waals surface area contributed by atoms with Crippen molar-refractivity contribution in [3.05, 3.63) is 16.4 Å². The molecule has 1 aromatic heterocycles. The number of piperidine rings is 1. The van der Waals surface area contributed by atoms with Crippen LogP contribution < -0.4 is 10.6 Å². The largest absolute Gasteiger partial charge is 0.383 e. The van der Waals surface area contributed by atoms with Crippen molar-refractivity contribution in [1.29, 1.82) is 0 Å². The maximum absolute atomic E-state index is 11.5. The maximum atomic E-state index is 11.5. The Morgan fingerprint density at radius 1 is 1.33 bits per heavy atom. The highest BCUT2D eigenvalue weighted by atomic mass is 16.6. The van der Waals surface area contributed by atoms with Gasteiger partial charge in [0.05, 0.1) is 11.5 Å². The molecule has 0 aliphatic carbocycles. The van der Waals surface area contributed by atoms with Gasteiger partial charge in [-0.05, 0) is 32.9 Å². The number of nitro groups is 1. The Balaban J connectivity index is 2.01. The molecule has 0 amide bonds. The van der Waals surface area contributed by atoms with Crippen LogP contribution in [0.4, 0.5) is 17.3 Å². The normalized spacial score (nSPS) is 16.6. The molecule has 9 heteroatoms.